The van der Waals surface area contributed by atoms with Crippen molar-refractivity contribution in [1.29, 1.82) is 0 Å². The summed E-state index contributed by atoms with van der Waals surface area (Å²) in [6.45, 7) is 8.00. The predicted molar refractivity (Wildman–Crippen MR) is 371 cm³/mol. The summed E-state index contributed by atoms with van der Waals surface area (Å²) in [5.41, 5.74) is 11.3. The molecule has 94 heavy (non-hydrogen) atoms. The molecule has 7 aromatic rings. The van der Waals surface area contributed by atoms with Crippen LogP contribution in [-0.4, -0.2) is 92.2 Å². The molecular formula is C81H92N4O9. The highest BCUT2D eigenvalue weighted by molar-refractivity contribution is 6.06. The first kappa shape index (κ1) is 65.7. The Hall–Kier alpha value is -8.38. The van der Waals surface area contributed by atoms with Crippen LogP contribution in [-0.2, 0) is 41.7 Å². The number of fused-ring (bicyclic) bond motifs is 9. The number of aliphatic hydroxyl groups is 3. The molecule has 1 saturated carbocycles. The molecule has 0 saturated heterocycles. The molecular weight excluding hydrogens is 1170 g/mol. The fourth-order valence-electron chi connectivity index (χ4n) is 16.1. The van der Waals surface area contributed by atoms with Crippen LogP contribution in [0.25, 0.3) is 10.8 Å². The van der Waals surface area contributed by atoms with Crippen LogP contribution in [0.2, 0.25) is 0 Å². The van der Waals surface area contributed by atoms with Gasteiger partial charge in [-0.1, -0.05) is 136 Å². The minimum Gasteiger partial charge on any atom is -0.508 e. The fraction of sp³-hybridized carbons (Fsp3) is 0.407. The van der Waals surface area contributed by atoms with Crippen molar-refractivity contribution in [2.75, 3.05) is 32.1 Å². The second kappa shape index (κ2) is 29.5. The van der Waals surface area contributed by atoms with E-state index in [0.29, 0.717) is 81.4 Å². The van der Waals surface area contributed by atoms with Gasteiger partial charge in [-0.3, -0.25) is 9.59 Å². The molecule has 13 atom stereocenters. The van der Waals surface area contributed by atoms with Gasteiger partial charge in [-0.25, -0.2) is 0 Å². The monoisotopic (exact) mass is 1260 g/mol. The van der Waals surface area contributed by atoms with E-state index in [0.717, 1.165) is 91.9 Å². The number of allylic oxidation sites excluding steroid dienone is 4. The zero-order chi connectivity index (χ0) is 65.6. The Labute approximate surface area is 553 Å². The molecule has 6 aromatic carbocycles. The fourth-order valence-corrected chi connectivity index (χ4v) is 16.1. The van der Waals surface area contributed by atoms with Crippen molar-refractivity contribution >= 4 is 28.0 Å². The number of aromatic amines is 1. The van der Waals surface area contributed by atoms with Crippen LogP contribution in [0.5, 0.6) is 23.0 Å². The Kier molecular flexibility index (Phi) is 20.6. The van der Waals surface area contributed by atoms with Crippen LogP contribution in [0, 0.1) is 53.3 Å². The zero-order valence-corrected chi connectivity index (χ0v) is 54.7. The molecule has 13 heteroatoms. The molecule has 490 valence electrons. The summed E-state index contributed by atoms with van der Waals surface area (Å²) in [5, 5.41) is 82.8. The Morgan fingerprint density at radius 1 is 0.734 bits per heavy atom. The maximum atomic E-state index is 15.5. The number of ether oxygens (including phenoxy) is 1. The van der Waals surface area contributed by atoms with E-state index in [9.17, 15) is 35.4 Å². The van der Waals surface area contributed by atoms with E-state index in [-0.39, 0.29) is 77.8 Å². The number of dihydropyridines is 1. The van der Waals surface area contributed by atoms with Crippen LogP contribution >= 0.6 is 0 Å². The summed E-state index contributed by atoms with van der Waals surface area (Å²) in [6.07, 6.45) is 14.1. The predicted octanol–water partition coefficient (Wildman–Crippen LogP) is 13.2. The highest BCUT2D eigenvalue weighted by Gasteiger charge is 2.44. The summed E-state index contributed by atoms with van der Waals surface area (Å²) < 4.78 is 5.70. The standard InChI is InChI=1S/C81H92N4O9/c1-5-12-67-60-34-53(30-52-27-28-83-78(36-52)85-73-43-72-57(37-61(73)31-50-13-7-6-8-14-50)21-22-59(79(72)91)39-65(87)47-82-45-49(3)62-38-63(84-46-62)42-75(67)89)33-56-23-25-69(70-44-76(90)77(94-4)41-58(70)24-26-74(88)81(93)80(92)71(56)40-60)68-18-10-9-17-66(68)55-20-19-54(48(2)29-55)32-51-15-11-16-64(86)35-51/h6-11,13-22,27,35-38,41,43-44,46,48-49,53-56,60,65,67,69,71,75,81-87,89-91,93H,5,12,24,26,28-34,39-40,42,45,47H2,1-4H3/t48-,49+,53+,54-,55-,56+,60+,65+,67-,69-,71+,75-,81+/m1/s1. The highest BCUT2D eigenvalue weighted by Crippen LogP contribution is 2.47. The number of phenols is 3. The average Bonchev–Trinajstić information content (AvgIpc) is 0.878. The van der Waals surface area contributed by atoms with E-state index < -0.39 is 47.6 Å². The molecule has 0 amide bonds. The van der Waals surface area contributed by atoms with E-state index >= 15 is 4.79 Å². The maximum Gasteiger partial charge on any atom is 0.173 e. The number of carbonyl (C=O) groups is 2. The van der Waals surface area contributed by atoms with Crippen LogP contribution < -0.4 is 20.7 Å². The molecule has 2 aliphatic heterocycles. The third kappa shape index (κ3) is 15.1. The first-order valence-corrected chi connectivity index (χ1v) is 34.2. The lowest BCUT2D eigenvalue weighted by atomic mass is 9.72. The van der Waals surface area contributed by atoms with Gasteiger partial charge in [0.15, 0.2) is 29.2 Å². The van der Waals surface area contributed by atoms with Gasteiger partial charge in [-0.2, -0.15) is 0 Å². The summed E-state index contributed by atoms with van der Waals surface area (Å²) in [6, 6.07) is 39.9. The molecule has 0 radical (unpaired) electrons. The molecule has 10 N–H and O–H groups in total. The lowest BCUT2D eigenvalue weighted by Gasteiger charge is -2.33. The molecule has 5 aliphatic rings. The normalized spacial score (nSPS) is 27.0. The van der Waals surface area contributed by atoms with Gasteiger partial charge in [0.05, 0.1) is 25.2 Å². The summed E-state index contributed by atoms with van der Waals surface area (Å²) in [7, 11) is 1.49. The average molecular weight is 1270 g/mol. The number of Topliss-reactive ketones (excluding diaryl/α,β-unsaturated/α-hetero) is 2. The van der Waals surface area contributed by atoms with Crippen LogP contribution in [0.15, 0.2) is 163 Å². The van der Waals surface area contributed by atoms with Crippen molar-refractivity contribution in [1.82, 2.24) is 15.6 Å². The van der Waals surface area contributed by atoms with Crippen LogP contribution in [0.3, 0.4) is 0 Å². The smallest absolute Gasteiger partial charge is 0.173 e. The quantitative estimate of drug-likeness (QED) is 0.0371. The number of aliphatic hydroxyl groups excluding tert-OH is 3. The van der Waals surface area contributed by atoms with Crippen molar-refractivity contribution in [3.63, 3.8) is 0 Å². The number of H-pyrrole nitrogens is 1. The van der Waals surface area contributed by atoms with E-state index in [1.165, 1.54) is 7.11 Å². The van der Waals surface area contributed by atoms with Gasteiger partial charge in [-0.05, 0) is 203 Å². The Morgan fingerprint density at radius 3 is 2.34 bits per heavy atom. The topological polar surface area (TPSA) is 217 Å². The van der Waals surface area contributed by atoms with Crippen molar-refractivity contribution in [3.05, 3.63) is 219 Å². The van der Waals surface area contributed by atoms with Gasteiger partial charge in [0.2, 0.25) is 0 Å². The lowest BCUT2D eigenvalue weighted by molar-refractivity contribution is -0.142. The van der Waals surface area contributed by atoms with Gasteiger partial charge in [0, 0.05) is 79.6 Å². The van der Waals surface area contributed by atoms with E-state index in [2.05, 4.69) is 126 Å². The number of nitrogens with one attached hydrogen (secondary N) is 4. The van der Waals surface area contributed by atoms with Gasteiger partial charge >= 0.3 is 0 Å². The number of aromatic hydroxyl groups is 3. The first-order valence-electron chi connectivity index (χ1n) is 34.2. The summed E-state index contributed by atoms with van der Waals surface area (Å²) in [4.78, 5) is 33.6. The van der Waals surface area contributed by atoms with Gasteiger partial charge < -0.3 is 56.3 Å². The van der Waals surface area contributed by atoms with Crippen molar-refractivity contribution in [2.45, 2.75) is 140 Å². The number of aromatic nitrogens is 1. The molecule has 1 aromatic heterocycles. The highest BCUT2D eigenvalue weighted by atomic mass is 16.5. The second-order valence-corrected chi connectivity index (χ2v) is 27.7. The Bertz CT molecular complexity index is 4020. The van der Waals surface area contributed by atoms with Crippen molar-refractivity contribution < 1.29 is 45.0 Å². The van der Waals surface area contributed by atoms with Gasteiger partial charge in [0.25, 0.3) is 0 Å². The number of carbonyl (C=O) groups excluding carboxylic acids is 2. The minimum atomic E-state index is -1.89. The Morgan fingerprint density at radius 2 is 1.54 bits per heavy atom. The number of hydrogen-bond donors (Lipinski definition) is 10. The molecule has 3 aliphatic carbocycles. The van der Waals surface area contributed by atoms with Crippen LogP contribution in [0.1, 0.15) is 146 Å². The molecule has 1 fully saturated rings. The SMILES string of the molecule is CCC[C@@H]1[C@H]2C[C@@H](CC3=CCNC(=C3)Nc3cc4c(O)c(ccc4cc3Cc3ccccc3)C[C@H](O)CNC[C@H](C)c3c[nH]c(c3)C[C@H]1O)C[C@@H]1C#C[C@H](c3ccccc3[C@@H]3C=C[C@H](Cc4cccc(O)c4)[C@H](C)C3)c3cc(O)c(OC)cc3CCC(=O)[C@H](O)C(=O)[C@H]1C2. The molecule has 12 rings (SSSR count). The van der Waals surface area contributed by atoms with Crippen molar-refractivity contribution in [2.24, 2.45) is 41.4 Å². The molecule has 0 unspecified atom stereocenters. The third-order valence-electron chi connectivity index (χ3n) is 21.1. The number of phenolic OH excluding ortho intramolecular Hbond substituents is 3. The largest absolute Gasteiger partial charge is 0.508 e. The van der Waals surface area contributed by atoms with E-state index in [4.69, 9.17) is 4.74 Å². The van der Waals surface area contributed by atoms with Crippen LogP contribution in [0.4, 0.5) is 5.69 Å². The van der Waals surface area contributed by atoms with E-state index in [1.807, 2.05) is 60.8 Å². The third-order valence-corrected chi connectivity index (χ3v) is 21.1. The first-order chi connectivity index (χ1) is 45.5. The lowest BCUT2D eigenvalue weighted by Crippen LogP contribution is -2.40. The number of ketones is 2. The maximum absolute atomic E-state index is 15.5. The summed E-state index contributed by atoms with van der Waals surface area (Å²) in [5.74, 6) is 5.95. The second-order valence-electron chi connectivity index (χ2n) is 27.7. The molecule has 0 spiro atoms. The number of aryl methyl sites for hydroxylation is 1. The zero-order valence-electron chi connectivity index (χ0n) is 54.7. The van der Waals surface area contributed by atoms with Gasteiger partial charge in [-0.15, -0.1) is 0 Å². The number of β-amino-alcohol motifs (C(OH)–C–C–N with tert-alkyl or cyclic N) is 1. The molecule has 9 bridgehead atoms. The molecule has 3 heterocycles. The number of rotatable bonds is 9. The summed E-state index contributed by atoms with van der Waals surface area (Å²) >= 11 is 0. The van der Waals surface area contributed by atoms with Gasteiger partial charge in [0.1, 0.15) is 17.3 Å². The molecule has 13 nitrogen and oxygen atoms in total. The number of hydrogen-bond acceptors (Lipinski definition) is 12. The number of methoxy groups -OCH3 is 1. The Balaban J connectivity index is 0.966. The minimum absolute atomic E-state index is 0.0245. The van der Waals surface area contributed by atoms with E-state index in [1.54, 1.807) is 18.2 Å². The number of anilines is 1. The number of benzene rings is 6. The van der Waals surface area contributed by atoms with Crippen molar-refractivity contribution in [3.8, 4) is 34.8 Å².